The topological polar surface area (TPSA) is 65.4 Å². The summed E-state index contributed by atoms with van der Waals surface area (Å²) < 4.78 is 7.51. The van der Waals surface area contributed by atoms with Gasteiger partial charge in [-0.1, -0.05) is 17.7 Å². The summed E-state index contributed by atoms with van der Waals surface area (Å²) in [4.78, 5) is 4.23. The zero-order valence-electron chi connectivity index (χ0n) is 10.9. The van der Waals surface area contributed by atoms with Crippen molar-refractivity contribution in [1.82, 2.24) is 14.6 Å². The Balaban J connectivity index is 2.01. The van der Waals surface area contributed by atoms with Crippen LogP contribution in [0.5, 0.6) is 11.6 Å². The van der Waals surface area contributed by atoms with Crippen LogP contribution >= 0.6 is 11.6 Å². The van der Waals surface area contributed by atoms with Gasteiger partial charge in [0.15, 0.2) is 0 Å². The normalized spacial score (nSPS) is 10.9. The molecule has 0 aliphatic heterocycles. The van der Waals surface area contributed by atoms with Crippen LogP contribution in [-0.4, -0.2) is 14.6 Å². The van der Waals surface area contributed by atoms with Crippen molar-refractivity contribution in [3.05, 3.63) is 52.9 Å². The zero-order valence-corrected chi connectivity index (χ0v) is 11.6. The highest BCUT2D eigenvalue weighted by molar-refractivity contribution is 6.32. The highest BCUT2D eigenvalue weighted by atomic mass is 35.5. The van der Waals surface area contributed by atoms with Crippen LogP contribution in [0.15, 0.2) is 36.7 Å². The first-order chi connectivity index (χ1) is 9.67. The lowest BCUT2D eigenvalue weighted by atomic mass is 10.2. The van der Waals surface area contributed by atoms with Gasteiger partial charge in [-0.15, -0.1) is 0 Å². The number of ether oxygens (including phenoxy) is 1. The summed E-state index contributed by atoms with van der Waals surface area (Å²) in [6, 6.07) is 7.37. The average Bonchev–Trinajstić information content (AvgIpc) is 2.82. The van der Waals surface area contributed by atoms with Crippen LogP contribution in [0.4, 0.5) is 0 Å². The molecule has 0 aliphatic carbocycles. The molecule has 0 bridgehead atoms. The van der Waals surface area contributed by atoms with Crippen molar-refractivity contribution in [1.29, 1.82) is 0 Å². The number of benzene rings is 1. The Morgan fingerprint density at radius 2 is 2.20 bits per heavy atom. The van der Waals surface area contributed by atoms with Gasteiger partial charge in [0.25, 0.3) is 0 Å². The molecule has 0 saturated heterocycles. The quantitative estimate of drug-likeness (QED) is 0.805. The molecular weight excluding hydrogens is 276 g/mol. The number of rotatable bonds is 3. The van der Waals surface area contributed by atoms with Gasteiger partial charge in [0.05, 0.1) is 10.7 Å². The molecule has 1 aromatic carbocycles. The molecule has 5 nitrogen and oxygen atoms in total. The molecule has 2 heterocycles. The van der Waals surface area contributed by atoms with E-state index in [0.717, 1.165) is 16.8 Å². The summed E-state index contributed by atoms with van der Waals surface area (Å²) in [7, 11) is 0. The second kappa shape index (κ2) is 5.11. The summed E-state index contributed by atoms with van der Waals surface area (Å²) in [5.74, 6) is 1.01. The van der Waals surface area contributed by atoms with E-state index < -0.39 is 0 Å². The predicted octanol–water partition coefficient (Wildman–Crippen LogP) is 2.94. The fraction of sp³-hybridized carbons (Fsp3) is 0.143. The standard InChI is InChI=1S/C14H13ClN4O/c1-9-6-12-14(17-4-5-19(12)18-9)20-13-3-2-10(8-16)7-11(13)15/h2-7H,8,16H2,1H3. The van der Waals surface area contributed by atoms with Gasteiger partial charge in [-0.05, 0) is 30.7 Å². The van der Waals surface area contributed by atoms with Crippen molar-refractivity contribution in [2.75, 3.05) is 0 Å². The maximum Gasteiger partial charge on any atom is 0.245 e. The Hall–Kier alpha value is -2.11. The number of fused-ring (bicyclic) bond motifs is 1. The first-order valence-corrected chi connectivity index (χ1v) is 6.52. The number of halogens is 1. The number of aromatic nitrogens is 3. The zero-order chi connectivity index (χ0) is 14.1. The molecule has 3 aromatic rings. The third kappa shape index (κ3) is 2.33. The van der Waals surface area contributed by atoms with E-state index in [-0.39, 0.29) is 0 Å². The van der Waals surface area contributed by atoms with Gasteiger partial charge in [0, 0.05) is 18.9 Å². The fourth-order valence-electron chi connectivity index (χ4n) is 1.96. The van der Waals surface area contributed by atoms with Crippen LogP contribution in [0.3, 0.4) is 0 Å². The van der Waals surface area contributed by atoms with Crippen LogP contribution in [-0.2, 0) is 6.54 Å². The molecule has 0 aliphatic rings. The lowest BCUT2D eigenvalue weighted by Gasteiger charge is -2.08. The molecule has 0 saturated carbocycles. The second-order valence-corrected chi connectivity index (χ2v) is 4.83. The smallest absolute Gasteiger partial charge is 0.245 e. The van der Waals surface area contributed by atoms with Crippen molar-refractivity contribution < 1.29 is 4.74 Å². The van der Waals surface area contributed by atoms with Gasteiger partial charge < -0.3 is 10.5 Å². The summed E-state index contributed by atoms with van der Waals surface area (Å²) in [5.41, 5.74) is 8.22. The van der Waals surface area contributed by atoms with Gasteiger partial charge in [-0.25, -0.2) is 9.50 Å². The van der Waals surface area contributed by atoms with Crippen LogP contribution in [0.25, 0.3) is 5.52 Å². The largest absolute Gasteiger partial charge is 0.435 e. The molecule has 20 heavy (non-hydrogen) atoms. The molecule has 3 rings (SSSR count). The third-order valence-electron chi connectivity index (χ3n) is 2.92. The minimum Gasteiger partial charge on any atom is -0.435 e. The van der Waals surface area contributed by atoms with E-state index in [0.29, 0.717) is 23.2 Å². The molecule has 102 valence electrons. The van der Waals surface area contributed by atoms with E-state index in [1.165, 1.54) is 0 Å². The summed E-state index contributed by atoms with van der Waals surface area (Å²) >= 11 is 6.18. The Bertz CT molecular complexity index is 769. The molecule has 0 atom stereocenters. The van der Waals surface area contributed by atoms with E-state index in [1.807, 2.05) is 19.1 Å². The first kappa shape index (κ1) is 12.9. The molecule has 0 fully saturated rings. The van der Waals surface area contributed by atoms with Crippen molar-refractivity contribution in [2.45, 2.75) is 13.5 Å². The maximum atomic E-state index is 6.18. The van der Waals surface area contributed by atoms with Gasteiger partial charge in [-0.2, -0.15) is 5.10 Å². The number of hydrogen-bond donors (Lipinski definition) is 1. The Labute approximate surface area is 121 Å². The highest BCUT2D eigenvalue weighted by Gasteiger charge is 2.10. The van der Waals surface area contributed by atoms with E-state index >= 15 is 0 Å². The minimum absolute atomic E-state index is 0.440. The summed E-state index contributed by atoms with van der Waals surface area (Å²) in [5, 5.41) is 4.82. The molecule has 2 aromatic heterocycles. The SMILES string of the molecule is Cc1cc2c(Oc3ccc(CN)cc3Cl)nccn2n1. The van der Waals surface area contributed by atoms with Crippen molar-refractivity contribution >= 4 is 17.1 Å². The third-order valence-corrected chi connectivity index (χ3v) is 3.21. The molecule has 0 unspecified atom stereocenters. The van der Waals surface area contributed by atoms with E-state index in [2.05, 4.69) is 10.1 Å². The van der Waals surface area contributed by atoms with Crippen LogP contribution in [0.2, 0.25) is 5.02 Å². The molecule has 6 heteroatoms. The van der Waals surface area contributed by atoms with Crippen molar-refractivity contribution in [3.8, 4) is 11.6 Å². The fourth-order valence-corrected chi connectivity index (χ4v) is 2.20. The van der Waals surface area contributed by atoms with E-state index in [9.17, 15) is 0 Å². The lowest BCUT2D eigenvalue weighted by Crippen LogP contribution is -1.97. The first-order valence-electron chi connectivity index (χ1n) is 6.14. The molecular formula is C14H13ClN4O. The Kier molecular flexibility index (Phi) is 3.30. The maximum absolute atomic E-state index is 6.18. The number of nitrogens with two attached hydrogens (primary N) is 1. The lowest BCUT2D eigenvalue weighted by molar-refractivity contribution is 0.465. The highest BCUT2D eigenvalue weighted by Crippen LogP contribution is 2.31. The summed E-state index contributed by atoms with van der Waals surface area (Å²) in [6.45, 7) is 2.36. The average molecular weight is 289 g/mol. The Morgan fingerprint density at radius 3 is 2.95 bits per heavy atom. The molecule has 0 spiro atoms. The van der Waals surface area contributed by atoms with Crippen molar-refractivity contribution in [3.63, 3.8) is 0 Å². The van der Waals surface area contributed by atoms with Crippen molar-refractivity contribution in [2.24, 2.45) is 5.73 Å². The molecule has 0 amide bonds. The Morgan fingerprint density at radius 1 is 1.35 bits per heavy atom. The molecule has 0 radical (unpaired) electrons. The monoisotopic (exact) mass is 288 g/mol. The van der Waals surface area contributed by atoms with Gasteiger partial charge in [0.2, 0.25) is 5.88 Å². The van der Waals surface area contributed by atoms with Crippen LogP contribution in [0, 0.1) is 6.92 Å². The van der Waals surface area contributed by atoms with Gasteiger partial charge >= 0.3 is 0 Å². The number of aryl methyl sites for hydroxylation is 1. The van der Waals surface area contributed by atoms with Gasteiger partial charge in [-0.3, -0.25) is 0 Å². The van der Waals surface area contributed by atoms with Crippen LogP contribution in [0.1, 0.15) is 11.3 Å². The predicted molar refractivity (Wildman–Crippen MR) is 77.1 cm³/mol. The second-order valence-electron chi connectivity index (χ2n) is 4.42. The molecule has 2 N–H and O–H groups in total. The number of nitrogens with zero attached hydrogens (tertiary/aromatic N) is 3. The van der Waals surface area contributed by atoms with E-state index in [4.69, 9.17) is 22.1 Å². The van der Waals surface area contributed by atoms with Crippen LogP contribution < -0.4 is 10.5 Å². The van der Waals surface area contributed by atoms with E-state index in [1.54, 1.807) is 29.0 Å². The number of hydrogen-bond acceptors (Lipinski definition) is 4. The summed E-state index contributed by atoms with van der Waals surface area (Å²) in [6.07, 6.45) is 3.41. The van der Waals surface area contributed by atoms with Gasteiger partial charge in [0.1, 0.15) is 11.3 Å². The minimum atomic E-state index is 0.440.